The summed E-state index contributed by atoms with van der Waals surface area (Å²) in [6.45, 7) is 5.30. The second kappa shape index (κ2) is 10.3. The van der Waals surface area contributed by atoms with Crippen LogP contribution in [0, 0.1) is 17.2 Å². The molecular weight excluding hydrogens is 590 g/mol. The Balaban J connectivity index is 1.64. The van der Waals surface area contributed by atoms with Gasteiger partial charge in [-0.2, -0.15) is 5.26 Å². The van der Waals surface area contributed by atoms with Crippen LogP contribution < -0.4 is 10.6 Å². The Bertz CT molecular complexity index is 1700. The number of carbonyl (C=O) groups excluding carboxylic acids is 2. The molecule has 0 radical (unpaired) electrons. The number of hydrogen-bond donors (Lipinski definition) is 1. The summed E-state index contributed by atoms with van der Waals surface area (Å²) >= 11 is 3.78. The van der Waals surface area contributed by atoms with Crippen molar-refractivity contribution in [2.75, 3.05) is 4.90 Å². The molecular formula is C35H32BrN3O3. The predicted octanol–water partition coefficient (Wildman–Crippen LogP) is 7.62. The molecule has 2 N–H and O–H groups in total. The number of nitriles is 1. The highest BCUT2D eigenvalue weighted by atomic mass is 79.9. The maximum Gasteiger partial charge on any atom is 0.421 e. The zero-order valence-corrected chi connectivity index (χ0v) is 25.4. The van der Waals surface area contributed by atoms with Gasteiger partial charge < -0.3 is 10.5 Å². The largest absolute Gasteiger partial charge is 0.443 e. The maximum absolute atomic E-state index is 15.0. The monoisotopic (exact) mass is 621 g/mol. The molecule has 3 aliphatic rings. The quantitative estimate of drug-likeness (QED) is 0.317. The molecule has 1 spiro atoms. The number of rotatable bonds is 2. The van der Waals surface area contributed by atoms with Crippen LogP contribution in [-0.2, 0) is 14.9 Å². The highest BCUT2D eigenvalue weighted by Gasteiger charge is 2.65. The van der Waals surface area contributed by atoms with Crippen molar-refractivity contribution in [2.45, 2.75) is 56.5 Å². The molecule has 3 aromatic carbocycles. The summed E-state index contributed by atoms with van der Waals surface area (Å²) in [5.74, 6) is -1.02. The van der Waals surface area contributed by atoms with E-state index in [2.05, 4.69) is 40.2 Å². The van der Waals surface area contributed by atoms with E-state index in [9.17, 15) is 10.1 Å². The summed E-state index contributed by atoms with van der Waals surface area (Å²) in [4.78, 5) is 29.8. The van der Waals surface area contributed by atoms with Gasteiger partial charge in [-0.1, -0.05) is 88.7 Å². The van der Waals surface area contributed by atoms with Crippen molar-refractivity contribution in [3.63, 3.8) is 0 Å². The normalized spacial score (nSPS) is 25.0. The van der Waals surface area contributed by atoms with Gasteiger partial charge in [-0.25, -0.2) is 9.69 Å². The van der Waals surface area contributed by atoms with Gasteiger partial charge in [0.15, 0.2) is 0 Å². The summed E-state index contributed by atoms with van der Waals surface area (Å²) in [5.41, 5.74) is 9.25. The van der Waals surface area contributed by atoms with Crippen molar-refractivity contribution < 1.29 is 14.3 Å². The number of carbonyl (C=O) groups is 2. The zero-order valence-electron chi connectivity index (χ0n) is 23.8. The molecule has 42 heavy (non-hydrogen) atoms. The Labute approximate surface area is 254 Å². The van der Waals surface area contributed by atoms with E-state index < -0.39 is 28.9 Å². The predicted molar refractivity (Wildman–Crippen MR) is 166 cm³/mol. The molecule has 0 unspecified atom stereocenters. The van der Waals surface area contributed by atoms with E-state index in [1.54, 1.807) is 32.9 Å². The van der Waals surface area contributed by atoms with E-state index in [0.717, 1.165) is 26.9 Å². The second-order valence-corrected chi connectivity index (χ2v) is 13.0. The Morgan fingerprint density at radius 1 is 1.05 bits per heavy atom. The van der Waals surface area contributed by atoms with Crippen LogP contribution in [0.15, 0.2) is 106 Å². The number of ether oxygens (including phenoxy) is 1. The number of para-hydroxylation sites is 1. The Morgan fingerprint density at radius 2 is 1.71 bits per heavy atom. The lowest BCUT2D eigenvalue weighted by Crippen LogP contribution is -2.55. The second-order valence-electron chi connectivity index (χ2n) is 12.2. The van der Waals surface area contributed by atoms with Crippen LogP contribution in [0.1, 0.15) is 62.1 Å². The number of halogens is 1. The molecule has 0 fully saturated rings. The number of amides is 2. The molecule has 6 nitrogen and oxygen atoms in total. The van der Waals surface area contributed by atoms with Gasteiger partial charge in [0, 0.05) is 16.1 Å². The average Bonchev–Trinajstić information content (AvgIpc) is 3.22. The molecule has 1 heterocycles. The molecule has 2 aliphatic carbocycles. The number of fused-ring (bicyclic) bond motifs is 3. The molecule has 0 saturated heterocycles. The number of benzene rings is 3. The van der Waals surface area contributed by atoms with E-state index in [1.807, 2.05) is 54.6 Å². The highest BCUT2D eigenvalue weighted by Crippen LogP contribution is 2.63. The van der Waals surface area contributed by atoms with Crippen molar-refractivity contribution in [1.29, 1.82) is 5.26 Å². The minimum atomic E-state index is -1.50. The molecule has 0 aromatic heterocycles. The number of hydrogen-bond acceptors (Lipinski definition) is 5. The number of allylic oxidation sites excluding steroid dienone is 3. The van der Waals surface area contributed by atoms with Crippen LogP contribution in [0.25, 0.3) is 0 Å². The van der Waals surface area contributed by atoms with Crippen LogP contribution in [0.5, 0.6) is 0 Å². The fourth-order valence-electron chi connectivity index (χ4n) is 7.13. The van der Waals surface area contributed by atoms with E-state index in [4.69, 9.17) is 10.5 Å². The Kier molecular flexibility index (Phi) is 6.86. The first kappa shape index (κ1) is 28.0. The summed E-state index contributed by atoms with van der Waals surface area (Å²) in [6, 6.07) is 27.8. The zero-order chi connectivity index (χ0) is 29.8. The first-order valence-corrected chi connectivity index (χ1v) is 15.0. The van der Waals surface area contributed by atoms with Crippen molar-refractivity contribution in [3.8, 4) is 6.07 Å². The topological polar surface area (TPSA) is 96.4 Å². The highest BCUT2D eigenvalue weighted by molar-refractivity contribution is 9.10. The molecule has 1 aliphatic heterocycles. The first-order valence-electron chi connectivity index (χ1n) is 14.2. The summed E-state index contributed by atoms with van der Waals surface area (Å²) in [5, 5.41) is 10.5. The van der Waals surface area contributed by atoms with E-state index in [-0.39, 0.29) is 17.5 Å². The van der Waals surface area contributed by atoms with Crippen LogP contribution in [-0.4, -0.2) is 17.6 Å². The van der Waals surface area contributed by atoms with Crippen molar-refractivity contribution >= 4 is 33.6 Å². The first-order chi connectivity index (χ1) is 20.1. The van der Waals surface area contributed by atoms with Gasteiger partial charge in [0.05, 0.1) is 11.3 Å². The minimum Gasteiger partial charge on any atom is -0.443 e. The van der Waals surface area contributed by atoms with Crippen molar-refractivity contribution in [3.05, 3.63) is 123 Å². The van der Waals surface area contributed by atoms with Gasteiger partial charge in [-0.3, -0.25) is 4.79 Å². The maximum atomic E-state index is 15.0. The van der Waals surface area contributed by atoms with Crippen LogP contribution in [0.3, 0.4) is 0 Å². The third-order valence-electron chi connectivity index (χ3n) is 8.72. The molecule has 2 amide bonds. The minimum absolute atomic E-state index is 0.176. The van der Waals surface area contributed by atoms with Crippen molar-refractivity contribution in [1.82, 2.24) is 0 Å². The molecule has 0 saturated carbocycles. The molecule has 0 bridgehead atoms. The average molecular weight is 623 g/mol. The third-order valence-corrected chi connectivity index (χ3v) is 9.44. The van der Waals surface area contributed by atoms with Gasteiger partial charge >= 0.3 is 6.09 Å². The molecule has 212 valence electrons. The van der Waals surface area contributed by atoms with Gasteiger partial charge in [0.2, 0.25) is 0 Å². The smallest absolute Gasteiger partial charge is 0.421 e. The Morgan fingerprint density at radius 3 is 2.40 bits per heavy atom. The summed E-state index contributed by atoms with van der Waals surface area (Å²) < 4.78 is 6.58. The van der Waals surface area contributed by atoms with Crippen LogP contribution in [0.2, 0.25) is 0 Å². The number of nitrogens with zero attached hydrogens (tertiary/aromatic N) is 2. The van der Waals surface area contributed by atoms with Gasteiger partial charge in [-0.05, 0) is 79.8 Å². The van der Waals surface area contributed by atoms with Crippen LogP contribution >= 0.6 is 15.9 Å². The van der Waals surface area contributed by atoms with Gasteiger partial charge in [-0.15, -0.1) is 0 Å². The standard InChI is InChI=1S/C35H32BrN3O3/c1-34(2,3)42-33(41)39-29-16-10-8-14-27(29)35(32(39)40)30(24-13-7-9-15-28(24)36)25-19-22(21-11-5-4-6-12-21)17-18-23(25)26(20-37)31(35)38/h4-16,18,22,25,30H,17,19,38H2,1-3H3/t22-,25-,30+,35+/m0/s1. The fraction of sp³-hybridized carbons (Fsp3) is 0.286. The van der Waals surface area contributed by atoms with Crippen molar-refractivity contribution in [2.24, 2.45) is 11.7 Å². The Hall–Kier alpha value is -4.15. The van der Waals surface area contributed by atoms with Gasteiger partial charge in [0.25, 0.3) is 5.91 Å². The lowest BCUT2D eigenvalue weighted by Gasteiger charge is -2.49. The number of nitrogens with two attached hydrogens (primary N) is 1. The third kappa shape index (κ3) is 4.20. The van der Waals surface area contributed by atoms with E-state index in [1.165, 1.54) is 5.56 Å². The van der Waals surface area contributed by atoms with E-state index >= 15 is 4.79 Å². The number of anilines is 1. The molecule has 3 aromatic rings. The molecule has 6 rings (SSSR count). The number of imide groups is 1. The molecule has 4 atom stereocenters. The summed E-state index contributed by atoms with van der Waals surface area (Å²) in [7, 11) is 0. The fourth-order valence-corrected chi connectivity index (χ4v) is 7.66. The summed E-state index contributed by atoms with van der Waals surface area (Å²) in [6.07, 6.45) is 2.84. The van der Waals surface area contributed by atoms with E-state index in [0.29, 0.717) is 23.2 Å². The van der Waals surface area contributed by atoms with Gasteiger partial charge in [0.1, 0.15) is 17.1 Å². The van der Waals surface area contributed by atoms with Crippen LogP contribution in [0.4, 0.5) is 10.5 Å². The molecule has 7 heteroatoms. The SMILES string of the molecule is CC(C)(C)OC(=O)N1C(=O)[C@]2(C(N)=C(C#N)C3=CC[C@H](c4ccccc4)C[C@@H]3[C@H]2c2ccccc2Br)c2ccccc21. The lowest BCUT2D eigenvalue weighted by atomic mass is 9.53. The lowest BCUT2D eigenvalue weighted by molar-refractivity contribution is -0.123.